The summed E-state index contributed by atoms with van der Waals surface area (Å²) in [6.07, 6.45) is 1.44. The highest BCUT2D eigenvalue weighted by Gasteiger charge is 2.13. The Bertz CT molecular complexity index is 589. The van der Waals surface area contributed by atoms with Crippen molar-refractivity contribution in [1.29, 1.82) is 0 Å². The van der Waals surface area contributed by atoms with Crippen LogP contribution in [0.2, 0.25) is 0 Å². The average Bonchev–Trinajstić information content (AvgIpc) is 2.76. The minimum absolute atomic E-state index is 0.00344. The van der Waals surface area contributed by atoms with Gasteiger partial charge >= 0.3 is 0 Å². The van der Waals surface area contributed by atoms with Crippen LogP contribution in [0, 0.1) is 10.1 Å². The van der Waals surface area contributed by atoms with Crippen LogP contribution in [0.4, 0.5) is 11.6 Å². The smallest absolute Gasteiger partial charge is 0.269 e. The molecule has 0 saturated carbocycles. The van der Waals surface area contributed by atoms with E-state index in [9.17, 15) is 14.9 Å². The first-order valence-corrected chi connectivity index (χ1v) is 5.05. The molecular weight excluding hydrogens is 238 g/mol. The normalized spacial score (nSPS) is 10.1. The van der Waals surface area contributed by atoms with E-state index in [2.05, 4.69) is 10.5 Å². The molecule has 0 atom stereocenters. The molecular formula is C11H9N3O4. The maximum Gasteiger partial charge on any atom is 0.269 e. The highest BCUT2D eigenvalue weighted by Crippen LogP contribution is 2.28. The second kappa shape index (κ2) is 4.66. The summed E-state index contributed by atoms with van der Waals surface area (Å²) in [5, 5.41) is 16.6. The molecule has 0 unspecified atom stereocenters. The van der Waals surface area contributed by atoms with E-state index in [-0.39, 0.29) is 17.5 Å². The fraction of sp³-hybridized carbons (Fsp3) is 0.0909. The van der Waals surface area contributed by atoms with Gasteiger partial charge in [-0.25, -0.2) is 0 Å². The number of hydrogen-bond acceptors (Lipinski definition) is 5. The molecule has 2 aromatic rings. The third-order valence-corrected chi connectivity index (χ3v) is 2.25. The Labute approximate surface area is 102 Å². The summed E-state index contributed by atoms with van der Waals surface area (Å²) in [5.74, 6) is -0.0636. The Balaban J connectivity index is 2.34. The Morgan fingerprint density at radius 1 is 1.39 bits per heavy atom. The third-order valence-electron chi connectivity index (χ3n) is 2.25. The number of benzene rings is 1. The van der Waals surface area contributed by atoms with Crippen molar-refractivity contribution in [2.24, 2.45) is 0 Å². The van der Waals surface area contributed by atoms with Crippen molar-refractivity contribution in [3.63, 3.8) is 0 Å². The molecule has 1 heterocycles. The number of rotatable bonds is 3. The molecule has 0 spiro atoms. The summed E-state index contributed by atoms with van der Waals surface area (Å²) in [6, 6.07) is 5.88. The number of aromatic nitrogens is 1. The van der Waals surface area contributed by atoms with E-state index in [0.29, 0.717) is 11.1 Å². The van der Waals surface area contributed by atoms with Gasteiger partial charge in [0.1, 0.15) is 0 Å². The number of carbonyl (C=O) groups is 1. The molecule has 0 aliphatic rings. The van der Waals surface area contributed by atoms with Gasteiger partial charge in [-0.15, -0.1) is 0 Å². The zero-order chi connectivity index (χ0) is 13.1. The first-order valence-electron chi connectivity index (χ1n) is 5.05. The van der Waals surface area contributed by atoms with Crippen LogP contribution in [-0.2, 0) is 4.79 Å². The molecule has 1 amide bonds. The molecule has 92 valence electrons. The number of nitrogens with zero attached hydrogens (tertiary/aromatic N) is 2. The van der Waals surface area contributed by atoms with Crippen molar-refractivity contribution in [2.75, 3.05) is 5.32 Å². The molecule has 7 nitrogen and oxygen atoms in total. The van der Waals surface area contributed by atoms with E-state index < -0.39 is 4.92 Å². The summed E-state index contributed by atoms with van der Waals surface area (Å²) in [4.78, 5) is 21.0. The van der Waals surface area contributed by atoms with E-state index in [1.54, 1.807) is 12.1 Å². The van der Waals surface area contributed by atoms with Crippen molar-refractivity contribution < 1.29 is 14.2 Å². The fourth-order valence-electron chi connectivity index (χ4n) is 1.46. The first-order chi connectivity index (χ1) is 8.58. The molecule has 7 heteroatoms. The fourth-order valence-corrected chi connectivity index (χ4v) is 1.46. The Hall–Kier alpha value is -2.70. The number of carbonyl (C=O) groups excluding carboxylic acids is 1. The van der Waals surface area contributed by atoms with Crippen LogP contribution in [0.25, 0.3) is 11.1 Å². The second-order valence-corrected chi connectivity index (χ2v) is 3.55. The summed E-state index contributed by atoms with van der Waals surface area (Å²) >= 11 is 0. The molecule has 0 aliphatic heterocycles. The molecule has 0 radical (unpaired) electrons. The third kappa shape index (κ3) is 2.34. The molecule has 2 rings (SSSR count). The Morgan fingerprint density at radius 2 is 2.06 bits per heavy atom. The zero-order valence-corrected chi connectivity index (χ0v) is 9.41. The number of hydrogen-bond donors (Lipinski definition) is 1. The largest absolute Gasteiger partial charge is 0.338 e. The highest BCUT2D eigenvalue weighted by atomic mass is 16.6. The quantitative estimate of drug-likeness (QED) is 0.662. The number of anilines is 1. The van der Waals surface area contributed by atoms with Crippen molar-refractivity contribution in [3.8, 4) is 11.1 Å². The lowest BCUT2D eigenvalue weighted by atomic mass is 10.1. The topological polar surface area (TPSA) is 98.3 Å². The van der Waals surface area contributed by atoms with Crippen LogP contribution in [0.1, 0.15) is 6.92 Å². The lowest BCUT2D eigenvalue weighted by Crippen LogP contribution is -2.05. The van der Waals surface area contributed by atoms with Gasteiger partial charge < -0.3 is 4.52 Å². The van der Waals surface area contributed by atoms with Gasteiger partial charge in [-0.1, -0.05) is 5.16 Å². The molecule has 1 N–H and O–H groups in total. The molecule has 0 bridgehead atoms. The number of non-ortho nitro benzene ring substituents is 1. The summed E-state index contributed by atoms with van der Waals surface area (Å²) in [5.41, 5.74) is 1.24. The van der Waals surface area contributed by atoms with E-state index in [0.717, 1.165) is 0 Å². The highest BCUT2D eigenvalue weighted by molar-refractivity contribution is 5.91. The van der Waals surface area contributed by atoms with Crippen molar-refractivity contribution in [2.45, 2.75) is 6.92 Å². The number of nitro benzene ring substituents is 1. The summed E-state index contributed by atoms with van der Waals surface area (Å²) in [7, 11) is 0. The van der Waals surface area contributed by atoms with Crippen LogP contribution < -0.4 is 5.32 Å². The molecule has 0 aliphatic carbocycles. The monoisotopic (exact) mass is 247 g/mol. The Morgan fingerprint density at radius 3 is 2.61 bits per heavy atom. The van der Waals surface area contributed by atoms with Gasteiger partial charge in [-0.05, 0) is 17.7 Å². The summed E-state index contributed by atoms with van der Waals surface area (Å²) in [6.45, 7) is 1.35. The summed E-state index contributed by atoms with van der Waals surface area (Å²) < 4.78 is 4.89. The van der Waals surface area contributed by atoms with Gasteiger partial charge in [-0.3, -0.25) is 20.2 Å². The SMILES string of the molecule is CC(=O)Nc1oncc1-c1ccc([N+](=O)[O-])cc1. The molecule has 1 aromatic heterocycles. The predicted octanol–water partition coefficient (Wildman–Crippen LogP) is 2.21. The minimum Gasteiger partial charge on any atom is -0.338 e. The minimum atomic E-state index is -0.480. The molecule has 0 fully saturated rings. The zero-order valence-electron chi connectivity index (χ0n) is 9.41. The number of nitro groups is 1. The van der Waals surface area contributed by atoms with Crippen LogP contribution in [0.5, 0.6) is 0 Å². The number of nitrogens with one attached hydrogen (secondary N) is 1. The van der Waals surface area contributed by atoms with E-state index in [4.69, 9.17) is 4.52 Å². The van der Waals surface area contributed by atoms with Gasteiger partial charge in [0.15, 0.2) is 0 Å². The van der Waals surface area contributed by atoms with Crippen molar-refractivity contribution in [3.05, 3.63) is 40.6 Å². The van der Waals surface area contributed by atoms with Crippen LogP contribution in [0.15, 0.2) is 35.0 Å². The first kappa shape index (κ1) is 11.8. The van der Waals surface area contributed by atoms with E-state index in [1.165, 1.54) is 25.3 Å². The maximum atomic E-state index is 10.9. The molecule has 0 saturated heterocycles. The van der Waals surface area contributed by atoms with Gasteiger partial charge in [0.05, 0.1) is 16.7 Å². The molecule has 18 heavy (non-hydrogen) atoms. The molecule has 1 aromatic carbocycles. The van der Waals surface area contributed by atoms with Crippen molar-refractivity contribution in [1.82, 2.24) is 5.16 Å². The average molecular weight is 247 g/mol. The van der Waals surface area contributed by atoms with Crippen LogP contribution in [0.3, 0.4) is 0 Å². The van der Waals surface area contributed by atoms with Gasteiger partial charge in [-0.2, -0.15) is 0 Å². The van der Waals surface area contributed by atoms with Gasteiger partial charge in [0.25, 0.3) is 5.69 Å². The maximum absolute atomic E-state index is 10.9. The second-order valence-electron chi connectivity index (χ2n) is 3.55. The van der Waals surface area contributed by atoms with Gasteiger partial charge in [0, 0.05) is 19.1 Å². The lowest BCUT2D eigenvalue weighted by Gasteiger charge is -2.01. The van der Waals surface area contributed by atoms with Crippen molar-refractivity contribution >= 4 is 17.5 Å². The Kier molecular flexibility index (Phi) is 3.05. The number of amides is 1. The standard InChI is InChI=1S/C11H9N3O4/c1-7(15)13-11-10(6-12-18-11)8-2-4-9(5-3-8)14(16)17/h2-6H,1H3,(H,13,15). The van der Waals surface area contributed by atoms with Crippen LogP contribution >= 0.6 is 0 Å². The van der Waals surface area contributed by atoms with E-state index in [1.807, 2.05) is 0 Å². The van der Waals surface area contributed by atoms with Gasteiger partial charge in [0.2, 0.25) is 11.8 Å². The van der Waals surface area contributed by atoms with Crippen LogP contribution in [-0.4, -0.2) is 16.0 Å². The lowest BCUT2D eigenvalue weighted by molar-refractivity contribution is -0.384. The predicted molar refractivity (Wildman–Crippen MR) is 62.9 cm³/mol. The van der Waals surface area contributed by atoms with E-state index >= 15 is 0 Å².